The van der Waals surface area contributed by atoms with Crippen LogP contribution in [0.5, 0.6) is 11.5 Å². The van der Waals surface area contributed by atoms with Crippen LogP contribution >= 0.6 is 0 Å². The molecule has 0 spiro atoms. The molecular weight excluding hydrogens is 674 g/mol. The summed E-state index contributed by atoms with van der Waals surface area (Å²) in [4.78, 5) is 72.2. The Labute approximate surface area is 300 Å². The first kappa shape index (κ1) is 33.4. The van der Waals surface area contributed by atoms with Crippen LogP contribution in [0.25, 0.3) is 10.8 Å². The quantitative estimate of drug-likeness (QED) is 0.306. The summed E-state index contributed by atoms with van der Waals surface area (Å²) >= 11 is 0. The fourth-order valence-corrected chi connectivity index (χ4v) is 13.3. The highest BCUT2D eigenvalue weighted by atomic mass is 16.6. The van der Waals surface area contributed by atoms with Gasteiger partial charge in [-0.2, -0.15) is 0 Å². The summed E-state index contributed by atoms with van der Waals surface area (Å²) in [6.45, 7) is 0.333. The standard InChI is InChI=1S/C39H43NO12/c1-46-31-16-10-7-8-11-17(16)32(47-2)24-19-14-18(23(24)31)27-28(19)39(37(45)51-6)30-21-15-20(29(30)38(27,52-39)36(44)50-5)25(26(21)35(43)49-4)33(41)40-13-9-12-22(40)34(42)48-3/h7-8,10-11,18-22,25-30H,9,12-15H2,1-6H3/t18-,19+,20+,21-,22-,25+,26-,27-,28+,29+,30-,38-,39+/m0/s1. The molecule has 3 heterocycles. The van der Waals surface area contributed by atoms with E-state index in [1.165, 1.54) is 33.3 Å². The van der Waals surface area contributed by atoms with E-state index in [1.807, 2.05) is 24.3 Å². The average Bonchev–Trinajstić information content (AvgIpc) is 4.03. The van der Waals surface area contributed by atoms with Gasteiger partial charge in [0, 0.05) is 52.1 Å². The van der Waals surface area contributed by atoms with Crippen molar-refractivity contribution in [1.82, 2.24) is 4.90 Å². The van der Waals surface area contributed by atoms with Crippen LogP contribution in [-0.2, 0) is 47.7 Å². The maximum absolute atomic E-state index is 14.7. The Bertz CT molecular complexity index is 1940. The third-order valence-electron chi connectivity index (χ3n) is 14.4. The van der Waals surface area contributed by atoms with Gasteiger partial charge >= 0.3 is 23.9 Å². The zero-order chi connectivity index (χ0) is 36.6. The van der Waals surface area contributed by atoms with Gasteiger partial charge in [-0.1, -0.05) is 24.3 Å². The molecule has 9 rings (SSSR count). The molecule has 0 aromatic heterocycles. The van der Waals surface area contributed by atoms with Gasteiger partial charge in [0.15, 0.2) is 11.2 Å². The highest BCUT2D eigenvalue weighted by molar-refractivity contribution is 5.99. The van der Waals surface area contributed by atoms with Gasteiger partial charge in [0.05, 0.1) is 54.5 Å². The van der Waals surface area contributed by atoms with Gasteiger partial charge < -0.3 is 38.1 Å². The second-order valence-electron chi connectivity index (χ2n) is 15.5. The van der Waals surface area contributed by atoms with Crippen LogP contribution in [0.3, 0.4) is 0 Å². The zero-order valence-corrected chi connectivity index (χ0v) is 30.0. The number of hydrogen-bond acceptors (Lipinski definition) is 12. The molecule has 7 aliphatic rings. The van der Waals surface area contributed by atoms with Crippen LogP contribution in [0.1, 0.15) is 48.6 Å². The van der Waals surface area contributed by atoms with Crippen molar-refractivity contribution < 1.29 is 57.1 Å². The van der Waals surface area contributed by atoms with Crippen molar-refractivity contribution in [2.45, 2.75) is 54.8 Å². The molecule has 13 nitrogen and oxygen atoms in total. The molecule has 13 atom stereocenters. The predicted molar refractivity (Wildman–Crippen MR) is 179 cm³/mol. The summed E-state index contributed by atoms with van der Waals surface area (Å²) in [5.74, 6) is -7.11. The number of likely N-dealkylation sites (tertiary alicyclic amines) is 1. The van der Waals surface area contributed by atoms with E-state index in [0.717, 1.165) is 21.9 Å². The van der Waals surface area contributed by atoms with Gasteiger partial charge in [0.2, 0.25) is 5.91 Å². The molecule has 3 saturated heterocycles. The Balaban J connectivity index is 1.26. The molecule has 0 unspecified atom stereocenters. The molecule has 0 N–H and O–H groups in total. The molecule has 1 amide bonds. The van der Waals surface area contributed by atoms with Crippen molar-refractivity contribution in [3.05, 3.63) is 35.4 Å². The highest BCUT2D eigenvalue weighted by Crippen LogP contribution is 2.83. The molecule has 6 bridgehead atoms. The monoisotopic (exact) mass is 717 g/mol. The minimum absolute atomic E-state index is 0.274. The van der Waals surface area contributed by atoms with E-state index in [9.17, 15) is 24.0 Å². The van der Waals surface area contributed by atoms with Crippen LogP contribution in [0.2, 0.25) is 0 Å². The Morgan fingerprint density at radius 1 is 0.673 bits per heavy atom. The molecule has 276 valence electrons. The van der Waals surface area contributed by atoms with Gasteiger partial charge in [-0.25, -0.2) is 14.4 Å². The fourth-order valence-electron chi connectivity index (χ4n) is 13.3. The molecular formula is C39H43NO12. The summed E-state index contributed by atoms with van der Waals surface area (Å²) in [5, 5.41) is 1.75. The fraction of sp³-hybridized carbons (Fsp3) is 0.615. The van der Waals surface area contributed by atoms with E-state index in [4.69, 9.17) is 33.2 Å². The lowest BCUT2D eigenvalue weighted by molar-refractivity contribution is -0.187. The van der Waals surface area contributed by atoms with Crippen LogP contribution in [-0.4, -0.2) is 101 Å². The minimum Gasteiger partial charge on any atom is -0.496 e. The first-order valence-electron chi connectivity index (χ1n) is 18.1. The maximum atomic E-state index is 14.7. The van der Waals surface area contributed by atoms with Crippen molar-refractivity contribution in [2.24, 2.45) is 47.3 Å². The molecule has 3 aliphatic heterocycles. The smallest absolute Gasteiger partial charge is 0.338 e. The Kier molecular flexibility index (Phi) is 7.27. The van der Waals surface area contributed by atoms with Crippen LogP contribution in [0.4, 0.5) is 0 Å². The molecule has 3 saturated carbocycles. The van der Waals surface area contributed by atoms with Gasteiger partial charge in [-0.05, 0) is 49.4 Å². The first-order chi connectivity index (χ1) is 25.1. The van der Waals surface area contributed by atoms with E-state index in [1.54, 1.807) is 14.2 Å². The number of nitrogens with zero attached hydrogens (tertiary/aromatic N) is 1. The van der Waals surface area contributed by atoms with Crippen molar-refractivity contribution in [3.8, 4) is 11.5 Å². The number of ether oxygens (including phenoxy) is 7. The second kappa shape index (κ2) is 11.3. The molecule has 2 aromatic rings. The first-order valence-corrected chi connectivity index (χ1v) is 18.1. The molecule has 2 aromatic carbocycles. The predicted octanol–water partition coefficient (Wildman–Crippen LogP) is 2.99. The maximum Gasteiger partial charge on any atom is 0.338 e. The van der Waals surface area contributed by atoms with Gasteiger partial charge in [0.1, 0.15) is 17.5 Å². The minimum atomic E-state index is -1.63. The Hall–Kier alpha value is -4.39. The van der Waals surface area contributed by atoms with Gasteiger partial charge in [-0.3, -0.25) is 9.59 Å². The lowest BCUT2D eigenvalue weighted by atomic mass is 9.48. The highest BCUT2D eigenvalue weighted by Gasteiger charge is 2.91. The number of carbonyl (C=O) groups excluding carboxylic acids is 5. The molecule has 13 heteroatoms. The Morgan fingerprint density at radius 2 is 1.19 bits per heavy atom. The number of methoxy groups -OCH3 is 6. The number of amides is 1. The summed E-state index contributed by atoms with van der Waals surface area (Å²) in [5.41, 5.74) is -1.39. The molecule has 4 aliphatic carbocycles. The van der Waals surface area contributed by atoms with Crippen LogP contribution in [0.15, 0.2) is 24.3 Å². The van der Waals surface area contributed by atoms with E-state index < -0.39 is 88.5 Å². The molecule has 0 radical (unpaired) electrons. The summed E-state index contributed by atoms with van der Waals surface area (Å²) in [6.07, 6.45) is 2.05. The van der Waals surface area contributed by atoms with Crippen LogP contribution in [0, 0.1) is 47.3 Å². The Morgan fingerprint density at radius 3 is 1.67 bits per heavy atom. The lowest BCUT2D eigenvalue weighted by Crippen LogP contribution is -2.64. The van der Waals surface area contributed by atoms with Crippen molar-refractivity contribution in [3.63, 3.8) is 0 Å². The number of benzene rings is 2. The largest absolute Gasteiger partial charge is 0.496 e. The van der Waals surface area contributed by atoms with Crippen molar-refractivity contribution in [1.29, 1.82) is 0 Å². The van der Waals surface area contributed by atoms with Crippen molar-refractivity contribution in [2.75, 3.05) is 49.2 Å². The summed E-state index contributed by atoms with van der Waals surface area (Å²) < 4.78 is 41.1. The number of fused-ring (bicyclic) bond motifs is 20. The number of hydrogen-bond donors (Lipinski definition) is 0. The van der Waals surface area contributed by atoms with Crippen LogP contribution < -0.4 is 9.47 Å². The van der Waals surface area contributed by atoms with Crippen molar-refractivity contribution >= 4 is 40.6 Å². The number of carbonyl (C=O) groups is 5. The third-order valence-corrected chi connectivity index (χ3v) is 14.4. The average molecular weight is 718 g/mol. The summed E-state index contributed by atoms with van der Waals surface area (Å²) in [7, 11) is 8.48. The zero-order valence-electron chi connectivity index (χ0n) is 30.0. The van der Waals surface area contributed by atoms with E-state index in [0.29, 0.717) is 43.7 Å². The van der Waals surface area contributed by atoms with E-state index in [-0.39, 0.29) is 17.7 Å². The number of rotatable bonds is 7. The topological polar surface area (TPSA) is 153 Å². The normalized spacial score (nSPS) is 39.6. The van der Waals surface area contributed by atoms with Gasteiger partial charge in [-0.15, -0.1) is 0 Å². The third kappa shape index (κ3) is 3.61. The van der Waals surface area contributed by atoms with E-state index in [2.05, 4.69) is 0 Å². The lowest BCUT2D eigenvalue weighted by Gasteiger charge is -2.52. The molecule has 6 fully saturated rings. The van der Waals surface area contributed by atoms with E-state index >= 15 is 0 Å². The molecule has 52 heavy (non-hydrogen) atoms. The van der Waals surface area contributed by atoms with Gasteiger partial charge in [0.25, 0.3) is 0 Å². The summed E-state index contributed by atoms with van der Waals surface area (Å²) in [6, 6.07) is 7.07. The SMILES string of the molecule is COC(=O)[C@H]1[C@@H]2C[C@H]([C@H]1C(=O)N1CCC[C@H]1C(=O)OC)[C@@H]1[C@H]2[C@]2(C(=O)OC)O[C@@]1(C(=O)OC)[C@@H]1[C@H]2[C@@H]2C[C@H]1c1c2c(OC)c2ccccc2c1OC. The number of esters is 4. The second-order valence-corrected chi connectivity index (χ2v) is 15.5.